The van der Waals surface area contributed by atoms with Gasteiger partial charge >= 0.3 is 0 Å². The molecule has 9 heteroatoms. The predicted octanol–water partition coefficient (Wildman–Crippen LogP) is 5.19. The highest BCUT2D eigenvalue weighted by atomic mass is 16.2. The van der Waals surface area contributed by atoms with E-state index in [0.29, 0.717) is 52.7 Å². The van der Waals surface area contributed by atoms with Crippen LogP contribution in [0.2, 0.25) is 0 Å². The first-order chi connectivity index (χ1) is 18.7. The number of fused-ring (bicyclic) bond motifs is 1. The van der Waals surface area contributed by atoms with E-state index in [-0.39, 0.29) is 17.9 Å². The van der Waals surface area contributed by atoms with Crippen molar-refractivity contribution >= 4 is 34.4 Å². The van der Waals surface area contributed by atoms with E-state index in [4.69, 9.17) is 10.8 Å². The number of nitrogens with zero attached hydrogens (tertiary/aromatic N) is 5. The van der Waals surface area contributed by atoms with Crippen LogP contribution in [0.5, 0.6) is 0 Å². The first-order valence-corrected chi connectivity index (χ1v) is 13.2. The van der Waals surface area contributed by atoms with Crippen molar-refractivity contribution in [2.45, 2.75) is 45.6 Å². The van der Waals surface area contributed by atoms with Crippen molar-refractivity contribution in [2.24, 2.45) is 0 Å². The maximum absolute atomic E-state index is 13.1. The summed E-state index contributed by atoms with van der Waals surface area (Å²) in [5.74, 6) is 0.458. The largest absolute Gasteiger partial charge is 0.383 e. The van der Waals surface area contributed by atoms with E-state index in [1.807, 2.05) is 46.0 Å². The Morgan fingerprint density at radius 1 is 1.13 bits per heavy atom. The van der Waals surface area contributed by atoms with Crippen LogP contribution in [0.15, 0.2) is 67.0 Å². The highest BCUT2D eigenvalue weighted by Gasteiger charge is 2.29. The van der Waals surface area contributed by atoms with Crippen molar-refractivity contribution in [3.05, 3.63) is 78.1 Å². The van der Waals surface area contributed by atoms with Crippen LogP contribution in [0.3, 0.4) is 0 Å². The van der Waals surface area contributed by atoms with Gasteiger partial charge in [0.15, 0.2) is 5.65 Å². The molecule has 2 aromatic carbocycles. The number of nitrogens with two attached hydrogens (primary N) is 1. The highest BCUT2D eigenvalue weighted by Crippen LogP contribution is 2.34. The molecule has 4 aromatic rings. The minimum Gasteiger partial charge on any atom is -0.383 e. The lowest BCUT2D eigenvalue weighted by Gasteiger charge is -2.33. The Labute approximate surface area is 227 Å². The lowest BCUT2D eigenvalue weighted by Crippen LogP contribution is -2.41. The minimum atomic E-state index is -0.219. The first kappa shape index (κ1) is 26.1. The number of benzene rings is 2. The van der Waals surface area contributed by atoms with Gasteiger partial charge in [-0.2, -0.15) is 5.10 Å². The van der Waals surface area contributed by atoms with Gasteiger partial charge in [-0.1, -0.05) is 44.7 Å². The maximum atomic E-state index is 13.1. The van der Waals surface area contributed by atoms with E-state index in [0.717, 1.165) is 24.1 Å². The lowest BCUT2D eigenvalue weighted by atomic mass is 10.0. The number of aromatic nitrogens is 4. The smallest absolute Gasteiger partial charge is 0.255 e. The van der Waals surface area contributed by atoms with Gasteiger partial charge in [0.25, 0.3) is 5.91 Å². The molecule has 0 aliphatic carbocycles. The summed E-state index contributed by atoms with van der Waals surface area (Å²) >= 11 is 0. The van der Waals surface area contributed by atoms with Crippen LogP contribution in [-0.2, 0) is 4.79 Å². The van der Waals surface area contributed by atoms with Crippen molar-refractivity contribution in [3.63, 3.8) is 0 Å². The summed E-state index contributed by atoms with van der Waals surface area (Å²) < 4.78 is 1.85. The van der Waals surface area contributed by atoms with E-state index in [1.165, 1.54) is 11.9 Å². The number of hydrogen-bond acceptors (Lipinski definition) is 6. The second-order valence-electron chi connectivity index (χ2n) is 10.4. The predicted molar refractivity (Wildman–Crippen MR) is 153 cm³/mol. The van der Waals surface area contributed by atoms with E-state index in [9.17, 15) is 9.59 Å². The molecule has 200 valence electrons. The summed E-state index contributed by atoms with van der Waals surface area (Å²) in [7, 11) is 0. The number of piperidine rings is 1. The van der Waals surface area contributed by atoms with Crippen molar-refractivity contribution in [3.8, 4) is 11.3 Å². The molecule has 3 heterocycles. The van der Waals surface area contributed by atoms with Gasteiger partial charge in [0.2, 0.25) is 5.91 Å². The maximum Gasteiger partial charge on any atom is 0.255 e. The summed E-state index contributed by atoms with van der Waals surface area (Å²) in [5.41, 5.74) is 11.2. The summed E-state index contributed by atoms with van der Waals surface area (Å²) in [5, 5.41) is 8.54. The Hall–Kier alpha value is -4.53. The molecule has 3 N–H and O–H groups in total. The number of nitrogen functional groups attached to an aromatic ring is 1. The molecule has 2 amide bonds. The van der Waals surface area contributed by atoms with E-state index in [1.54, 1.807) is 19.1 Å². The third-order valence-electron chi connectivity index (χ3n) is 7.15. The van der Waals surface area contributed by atoms with Crippen LogP contribution in [0.1, 0.15) is 61.5 Å². The molecule has 5 rings (SSSR count). The number of likely N-dealkylation sites (tertiary alicyclic amines) is 1. The zero-order valence-corrected chi connectivity index (χ0v) is 22.5. The van der Waals surface area contributed by atoms with Crippen molar-refractivity contribution in [2.75, 3.05) is 24.1 Å². The molecule has 9 nitrogen and oxygen atoms in total. The molecule has 1 aliphatic rings. The van der Waals surface area contributed by atoms with Crippen LogP contribution >= 0.6 is 0 Å². The van der Waals surface area contributed by atoms with Crippen molar-refractivity contribution < 1.29 is 9.59 Å². The summed E-state index contributed by atoms with van der Waals surface area (Å²) in [6.07, 6.45) is 3.11. The van der Waals surface area contributed by atoms with Crippen molar-refractivity contribution in [1.82, 2.24) is 24.6 Å². The van der Waals surface area contributed by atoms with Gasteiger partial charge in [0.05, 0.1) is 11.4 Å². The summed E-state index contributed by atoms with van der Waals surface area (Å²) in [4.78, 5) is 36.3. The highest BCUT2D eigenvalue weighted by molar-refractivity contribution is 6.06. The average molecular weight is 524 g/mol. The van der Waals surface area contributed by atoms with Crippen molar-refractivity contribution in [1.29, 1.82) is 0 Å². The standard InChI is InChI=1S/C30H33N7O2/c1-18(2)20-10-12-23(13-11-20)34-29(38)22-8-5-7-21(15-22)26-25-27(31)32-17-33-28(25)37(35-26)24-9-6-14-36(16-24)30(39)19(3)4/h5,7-8,10-13,15,17-18,24H,3,6,9,14,16H2,1-2,4H3,(H,34,38)(H2,31,32,33). The molecule has 39 heavy (non-hydrogen) atoms. The number of nitrogens with one attached hydrogen (secondary N) is 1. The number of amides is 2. The summed E-state index contributed by atoms with van der Waals surface area (Å²) in [6.45, 7) is 11.0. The van der Waals surface area contributed by atoms with E-state index < -0.39 is 0 Å². The zero-order chi connectivity index (χ0) is 27.7. The number of carbonyl (C=O) groups excluding carboxylic acids is 2. The SMILES string of the molecule is C=C(C)C(=O)N1CCCC(n2nc(-c3cccc(C(=O)Nc4ccc(C(C)C)cc4)c3)c3c(N)ncnc32)C1. The number of carbonyl (C=O) groups is 2. The van der Waals surface area contributed by atoms with Gasteiger partial charge in [-0.3, -0.25) is 9.59 Å². The third kappa shape index (κ3) is 5.25. The Morgan fingerprint density at radius 2 is 1.90 bits per heavy atom. The molecular weight excluding hydrogens is 490 g/mol. The van der Waals surface area contributed by atoms with Crippen LogP contribution in [-0.4, -0.2) is 49.6 Å². The molecule has 1 saturated heterocycles. The molecule has 0 spiro atoms. The topological polar surface area (TPSA) is 119 Å². The first-order valence-electron chi connectivity index (χ1n) is 13.2. The van der Waals surface area contributed by atoms with E-state index >= 15 is 0 Å². The number of anilines is 2. The Bertz CT molecular complexity index is 1560. The van der Waals surface area contributed by atoms with Gasteiger partial charge in [-0.15, -0.1) is 0 Å². The van der Waals surface area contributed by atoms with Gasteiger partial charge < -0.3 is 16.0 Å². The van der Waals surface area contributed by atoms with Crippen LogP contribution in [0.4, 0.5) is 11.5 Å². The number of rotatable bonds is 6. The quantitative estimate of drug-likeness (QED) is 0.336. The molecular formula is C30H33N7O2. The third-order valence-corrected chi connectivity index (χ3v) is 7.15. The Kier molecular flexibility index (Phi) is 7.15. The van der Waals surface area contributed by atoms with E-state index in [2.05, 4.69) is 35.7 Å². The second-order valence-corrected chi connectivity index (χ2v) is 10.4. The monoisotopic (exact) mass is 523 g/mol. The van der Waals surface area contributed by atoms with Crippen LogP contribution in [0.25, 0.3) is 22.3 Å². The molecule has 2 aromatic heterocycles. The summed E-state index contributed by atoms with van der Waals surface area (Å²) in [6, 6.07) is 15.1. The Balaban J connectivity index is 1.47. The Morgan fingerprint density at radius 3 is 2.62 bits per heavy atom. The molecule has 1 fully saturated rings. The van der Waals surface area contributed by atoms with Gasteiger partial charge in [0.1, 0.15) is 17.8 Å². The van der Waals surface area contributed by atoms with Gasteiger partial charge in [0, 0.05) is 35.5 Å². The minimum absolute atomic E-state index is 0.0527. The lowest BCUT2D eigenvalue weighted by molar-refractivity contribution is -0.128. The average Bonchev–Trinajstić information content (AvgIpc) is 3.34. The van der Waals surface area contributed by atoms with Crippen LogP contribution < -0.4 is 11.1 Å². The molecule has 0 bridgehead atoms. The molecule has 0 saturated carbocycles. The van der Waals surface area contributed by atoms with Gasteiger partial charge in [-0.05, 0) is 55.5 Å². The fourth-order valence-corrected chi connectivity index (χ4v) is 5.02. The molecule has 1 unspecified atom stereocenters. The fourth-order valence-electron chi connectivity index (χ4n) is 5.02. The molecule has 0 radical (unpaired) electrons. The fraction of sp³-hybridized carbons (Fsp3) is 0.300. The molecule has 1 atom stereocenters. The van der Waals surface area contributed by atoms with Gasteiger partial charge in [-0.25, -0.2) is 14.6 Å². The normalized spacial score (nSPS) is 15.5. The second kappa shape index (κ2) is 10.7. The number of hydrogen-bond donors (Lipinski definition) is 2. The zero-order valence-electron chi connectivity index (χ0n) is 22.5. The van der Waals surface area contributed by atoms with Crippen LogP contribution in [0, 0.1) is 0 Å². The molecule has 1 aliphatic heterocycles.